The summed E-state index contributed by atoms with van der Waals surface area (Å²) < 4.78 is 1.40. The van der Waals surface area contributed by atoms with Crippen LogP contribution in [-0.4, -0.2) is 9.78 Å². The second-order valence-corrected chi connectivity index (χ2v) is 8.65. The number of nitrogen functional groups attached to an aromatic ring is 1. The molecule has 0 spiro atoms. The molecule has 0 unspecified atom stereocenters. The molecule has 0 aliphatic heterocycles. The minimum atomic E-state index is -1.76. The summed E-state index contributed by atoms with van der Waals surface area (Å²) >= 11 is 0. The second-order valence-electron chi connectivity index (χ2n) is 8.65. The van der Waals surface area contributed by atoms with Gasteiger partial charge in [-0.3, -0.25) is 9.89 Å². The van der Waals surface area contributed by atoms with Crippen molar-refractivity contribution in [2.75, 3.05) is 5.73 Å². The van der Waals surface area contributed by atoms with Gasteiger partial charge in [0.05, 0.1) is 23.4 Å². The average Bonchev–Trinajstić information content (AvgIpc) is 3.12. The van der Waals surface area contributed by atoms with E-state index in [0.29, 0.717) is 29.1 Å². The Morgan fingerprint density at radius 3 is 2.00 bits per heavy atom. The van der Waals surface area contributed by atoms with Gasteiger partial charge in [-0.15, -0.1) is 0 Å². The molecule has 32 heavy (non-hydrogen) atoms. The summed E-state index contributed by atoms with van der Waals surface area (Å²) in [6.45, 7) is 9.99. The van der Waals surface area contributed by atoms with Gasteiger partial charge >= 0.3 is 0 Å². The molecule has 0 bridgehead atoms. The number of hydrogen-bond acceptors (Lipinski definition) is 4. The van der Waals surface area contributed by atoms with Crippen molar-refractivity contribution in [1.82, 2.24) is 9.78 Å². The number of aromatic amines is 1. The molecule has 164 valence electrons. The van der Waals surface area contributed by atoms with Gasteiger partial charge in [0.1, 0.15) is 0 Å². The molecular weight excluding hydrogens is 398 g/mol. The number of rotatable bonds is 6. The molecule has 2 aromatic carbocycles. The number of aromatic nitrogens is 2. The van der Waals surface area contributed by atoms with Crippen LogP contribution in [0, 0.1) is 22.7 Å². The first-order valence-corrected chi connectivity index (χ1v) is 10.9. The number of nitriles is 2. The number of nitrogens with one attached hydrogen (secondary N) is 1. The highest BCUT2D eigenvalue weighted by Gasteiger charge is 2.42. The van der Waals surface area contributed by atoms with Gasteiger partial charge in [-0.2, -0.15) is 10.5 Å². The number of anilines is 1. The van der Waals surface area contributed by atoms with E-state index in [1.165, 1.54) is 4.68 Å². The van der Waals surface area contributed by atoms with Crippen LogP contribution in [0.5, 0.6) is 0 Å². The van der Waals surface area contributed by atoms with Crippen molar-refractivity contribution >= 4 is 5.69 Å². The molecule has 3 aromatic rings. The zero-order chi connectivity index (χ0) is 23.6. The molecule has 0 radical (unpaired) electrons. The third-order valence-electron chi connectivity index (χ3n) is 5.96. The van der Waals surface area contributed by atoms with Crippen molar-refractivity contribution < 1.29 is 0 Å². The molecule has 0 amide bonds. The molecule has 1 heterocycles. The first kappa shape index (κ1) is 22.9. The summed E-state index contributed by atoms with van der Waals surface area (Å²) in [4.78, 5) is 13.6. The van der Waals surface area contributed by atoms with Crippen LogP contribution in [0.3, 0.4) is 0 Å². The Morgan fingerprint density at radius 1 is 1.03 bits per heavy atom. The van der Waals surface area contributed by atoms with E-state index >= 15 is 0 Å². The number of nitrogens with two attached hydrogens (primary N) is 1. The van der Waals surface area contributed by atoms with Crippen LogP contribution in [0.15, 0.2) is 47.3 Å². The summed E-state index contributed by atoms with van der Waals surface area (Å²) in [5, 5.41) is 23.9. The maximum Gasteiger partial charge on any atom is 0.277 e. The van der Waals surface area contributed by atoms with Gasteiger partial charge in [-0.25, -0.2) is 4.68 Å². The fourth-order valence-electron chi connectivity index (χ4n) is 4.16. The SMILES string of the molecule is CCc1[nH]n(-c2ccccc2)c(=O)c1C(C#N)(C#N)c1cc(C(C)C)c(N)c(C(C)C)c1. The molecule has 0 atom stereocenters. The molecule has 0 fully saturated rings. The van der Waals surface area contributed by atoms with Crippen LogP contribution < -0.4 is 11.3 Å². The summed E-state index contributed by atoms with van der Waals surface area (Å²) in [7, 11) is 0. The Morgan fingerprint density at radius 2 is 1.56 bits per heavy atom. The molecule has 3 N–H and O–H groups in total. The highest BCUT2D eigenvalue weighted by molar-refractivity contribution is 5.64. The van der Waals surface area contributed by atoms with E-state index < -0.39 is 11.0 Å². The molecule has 0 saturated carbocycles. The quantitative estimate of drug-likeness (QED) is 0.545. The van der Waals surface area contributed by atoms with Crippen molar-refractivity contribution in [1.29, 1.82) is 10.5 Å². The minimum Gasteiger partial charge on any atom is -0.398 e. The second kappa shape index (κ2) is 8.77. The van der Waals surface area contributed by atoms with E-state index in [4.69, 9.17) is 5.73 Å². The van der Waals surface area contributed by atoms with E-state index in [1.807, 2.05) is 65.0 Å². The maximum atomic E-state index is 13.6. The van der Waals surface area contributed by atoms with Crippen LogP contribution in [0.1, 0.15) is 74.4 Å². The lowest BCUT2D eigenvalue weighted by Crippen LogP contribution is -2.32. The number of para-hydroxylation sites is 1. The molecular formula is C26H29N5O. The van der Waals surface area contributed by atoms with Crippen molar-refractivity contribution in [2.24, 2.45) is 0 Å². The summed E-state index contributed by atoms with van der Waals surface area (Å²) in [6.07, 6.45) is 0.471. The third kappa shape index (κ3) is 3.59. The normalized spacial score (nSPS) is 11.5. The predicted octanol–water partition coefficient (Wildman–Crippen LogP) is 4.89. The summed E-state index contributed by atoms with van der Waals surface area (Å²) in [5.41, 5.74) is 8.57. The van der Waals surface area contributed by atoms with Gasteiger partial charge in [0.25, 0.3) is 5.56 Å². The number of aryl methyl sites for hydroxylation is 1. The Hall–Kier alpha value is -3.77. The van der Waals surface area contributed by atoms with Crippen molar-refractivity contribution in [3.05, 3.63) is 80.8 Å². The topological polar surface area (TPSA) is 111 Å². The van der Waals surface area contributed by atoms with Crippen LogP contribution in [0.2, 0.25) is 0 Å². The van der Waals surface area contributed by atoms with Crippen LogP contribution in [0.4, 0.5) is 5.69 Å². The van der Waals surface area contributed by atoms with Gasteiger partial charge in [0.15, 0.2) is 0 Å². The van der Waals surface area contributed by atoms with Crippen LogP contribution >= 0.6 is 0 Å². The number of hydrogen-bond donors (Lipinski definition) is 2. The van der Waals surface area contributed by atoms with Crippen molar-refractivity contribution in [2.45, 2.75) is 58.3 Å². The maximum absolute atomic E-state index is 13.6. The zero-order valence-electron chi connectivity index (χ0n) is 19.2. The number of H-pyrrole nitrogens is 1. The first-order valence-electron chi connectivity index (χ1n) is 10.9. The van der Waals surface area contributed by atoms with Gasteiger partial charge in [-0.1, -0.05) is 65.0 Å². The molecule has 1 aromatic heterocycles. The largest absolute Gasteiger partial charge is 0.398 e. The third-order valence-corrected chi connectivity index (χ3v) is 5.96. The van der Waals surface area contributed by atoms with E-state index in [2.05, 4.69) is 17.2 Å². The molecule has 0 aliphatic rings. The monoisotopic (exact) mass is 427 g/mol. The lowest BCUT2D eigenvalue weighted by atomic mass is 9.74. The standard InChI is InChI=1S/C26H29N5O/c1-6-22-23(25(32)31(30-22)19-10-8-7-9-11-19)26(14-27,15-28)18-12-20(16(2)3)24(29)21(13-18)17(4)5/h7-13,16-17,30H,6,29H2,1-5H3. The number of nitrogens with zero attached hydrogens (tertiary/aromatic N) is 3. The molecule has 0 saturated heterocycles. The van der Waals surface area contributed by atoms with E-state index in [-0.39, 0.29) is 17.4 Å². The average molecular weight is 428 g/mol. The minimum absolute atomic E-state index is 0.0976. The van der Waals surface area contributed by atoms with E-state index in [1.54, 1.807) is 12.1 Å². The summed E-state index contributed by atoms with van der Waals surface area (Å²) in [5.74, 6) is 0.195. The van der Waals surface area contributed by atoms with E-state index in [9.17, 15) is 15.3 Å². The van der Waals surface area contributed by atoms with Gasteiger partial charge in [0.2, 0.25) is 5.41 Å². The highest BCUT2D eigenvalue weighted by atomic mass is 16.1. The van der Waals surface area contributed by atoms with Crippen LogP contribution in [-0.2, 0) is 11.8 Å². The Balaban J connectivity index is 2.40. The Labute approximate surface area is 188 Å². The zero-order valence-corrected chi connectivity index (χ0v) is 19.2. The van der Waals surface area contributed by atoms with Gasteiger partial charge < -0.3 is 5.73 Å². The molecule has 0 aliphatic carbocycles. The Kier molecular flexibility index (Phi) is 6.27. The van der Waals surface area contributed by atoms with Crippen molar-refractivity contribution in [3.63, 3.8) is 0 Å². The lowest BCUT2D eigenvalue weighted by Gasteiger charge is -2.24. The Bertz CT molecular complexity index is 1220. The lowest BCUT2D eigenvalue weighted by molar-refractivity contribution is 0.788. The van der Waals surface area contributed by atoms with Gasteiger partial charge in [0, 0.05) is 11.4 Å². The molecule has 3 rings (SSSR count). The van der Waals surface area contributed by atoms with Crippen LogP contribution in [0.25, 0.3) is 5.69 Å². The molecule has 6 heteroatoms. The smallest absolute Gasteiger partial charge is 0.277 e. The fourth-order valence-corrected chi connectivity index (χ4v) is 4.16. The van der Waals surface area contributed by atoms with Crippen molar-refractivity contribution in [3.8, 4) is 17.8 Å². The summed E-state index contributed by atoms with van der Waals surface area (Å²) in [6, 6.07) is 17.2. The predicted molar refractivity (Wildman–Crippen MR) is 127 cm³/mol. The fraction of sp³-hybridized carbons (Fsp3) is 0.346. The van der Waals surface area contributed by atoms with Gasteiger partial charge in [-0.05, 0) is 47.1 Å². The highest BCUT2D eigenvalue weighted by Crippen LogP contribution is 2.39. The molecule has 6 nitrogen and oxygen atoms in total. The number of benzene rings is 2. The first-order chi connectivity index (χ1) is 15.2. The van der Waals surface area contributed by atoms with E-state index in [0.717, 1.165) is 11.1 Å².